The number of benzene rings is 1. The number of hydrogen-bond donors (Lipinski definition) is 2. The van der Waals surface area contributed by atoms with E-state index < -0.39 is 0 Å². The topological polar surface area (TPSA) is 82.4 Å². The first-order valence-electron chi connectivity index (χ1n) is 7.36. The van der Waals surface area contributed by atoms with Crippen LogP contribution in [0.1, 0.15) is 11.4 Å². The van der Waals surface area contributed by atoms with Crippen molar-refractivity contribution in [3.05, 3.63) is 47.9 Å². The van der Waals surface area contributed by atoms with Gasteiger partial charge in [0.1, 0.15) is 17.2 Å². The number of hydrogen-bond acceptors (Lipinski definition) is 6. The molecule has 0 aliphatic carbocycles. The van der Waals surface area contributed by atoms with Gasteiger partial charge in [0.2, 0.25) is 0 Å². The Hall–Kier alpha value is -2.22. The van der Waals surface area contributed by atoms with Gasteiger partial charge in [0.05, 0.1) is 31.1 Å². The molecule has 0 aliphatic rings. The summed E-state index contributed by atoms with van der Waals surface area (Å²) in [5.41, 5.74) is 2.83. The lowest BCUT2D eigenvalue weighted by Gasteiger charge is -2.09. The second kappa shape index (κ2) is 7.57. The molecule has 0 radical (unpaired) electrons. The second-order valence-corrected chi connectivity index (χ2v) is 5.84. The van der Waals surface area contributed by atoms with Crippen LogP contribution in [0.25, 0.3) is 10.9 Å². The Bertz CT molecular complexity index is 818. The number of pyridine rings is 1. The number of ether oxygens (including phenoxy) is 3. The van der Waals surface area contributed by atoms with E-state index in [0.717, 1.165) is 28.0 Å². The number of aromatic amines is 1. The fraction of sp³-hybridized carbons (Fsp3) is 0.235. The van der Waals surface area contributed by atoms with Crippen molar-refractivity contribution in [1.82, 2.24) is 9.97 Å². The minimum Gasteiger partial charge on any atom is -0.494 e. The maximum Gasteiger partial charge on any atom is 0.146 e. The highest BCUT2D eigenvalue weighted by molar-refractivity contribution is 7.96. The van der Waals surface area contributed by atoms with Crippen molar-refractivity contribution in [2.75, 3.05) is 14.2 Å². The first-order valence-corrected chi connectivity index (χ1v) is 8.41. The molecule has 6 nitrogen and oxygen atoms in total. The first-order chi connectivity index (χ1) is 11.7. The molecule has 7 heteroatoms. The van der Waals surface area contributed by atoms with Gasteiger partial charge in [-0.1, -0.05) is 11.9 Å². The summed E-state index contributed by atoms with van der Waals surface area (Å²) >= 11 is 1.27. The maximum atomic E-state index is 5.90. The molecule has 2 heterocycles. The van der Waals surface area contributed by atoms with Crippen LogP contribution in [-0.2, 0) is 17.1 Å². The van der Waals surface area contributed by atoms with E-state index in [1.807, 2.05) is 30.3 Å². The smallest absolute Gasteiger partial charge is 0.146 e. The van der Waals surface area contributed by atoms with Crippen molar-refractivity contribution < 1.29 is 14.2 Å². The molecule has 2 aromatic heterocycles. The van der Waals surface area contributed by atoms with E-state index in [4.69, 9.17) is 19.3 Å². The van der Waals surface area contributed by atoms with Crippen LogP contribution in [0.15, 0.2) is 36.5 Å². The quantitative estimate of drug-likeness (QED) is 0.637. The second-order valence-electron chi connectivity index (χ2n) is 5.22. The van der Waals surface area contributed by atoms with Crippen LogP contribution in [-0.4, -0.2) is 24.2 Å². The molecule has 3 aromatic rings. The molecule has 0 spiro atoms. The fourth-order valence-electron chi connectivity index (χ4n) is 2.47. The van der Waals surface area contributed by atoms with Crippen LogP contribution in [0.4, 0.5) is 0 Å². The molecule has 0 fully saturated rings. The van der Waals surface area contributed by atoms with Gasteiger partial charge in [0, 0.05) is 30.0 Å². The van der Waals surface area contributed by atoms with Gasteiger partial charge in [0.15, 0.2) is 0 Å². The number of fused-ring (bicyclic) bond motifs is 1. The Labute approximate surface area is 144 Å². The monoisotopic (exact) mass is 345 g/mol. The van der Waals surface area contributed by atoms with E-state index in [0.29, 0.717) is 23.9 Å². The number of methoxy groups -OCH3 is 2. The molecule has 0 amide bonds. The van der Waals surface area contributed by atoms with Crippen molar-refractivity contribution in [3.63, 3.8) is 0 Å². The predicted octanol–water partition coefficient (Wildman–Crippen LogP) is 3.62. The Morgan fingerprint density at radius 3 is 2.71 bits per heavy atom. The van der Waals surface area contributed by atoms with E-state index in [-0.39, 0.29) is 0 Å². The summed E-state index contributed by atoms with van der Waals surface area (Å²) in [7, 11) is 3.28. The van der Waals surface area contributed by atoms with Crippen molar-refractivity contribution in [2.45, 2.75) is 12.4 Å². The van der Waals surface area contributed by atoms with Crippen LogP contribution in [0.2, 0.25) is 0 Å². The van der Waals surface area contributed by atoms with Gasteiger partial charge in [0.25, 0.3) is 0 Å². The molecular weight excluding hydrogens is 326 g/mol. The Morgan fingerprint density at radius 2 is 2.04 bits per heavy atom. The third-order valence-corrected chi connectivity index (χ3v) is 3.98. The van der Waals surface area contributed by atoms with Crippen molar-refractivity contribution in [3.8, 4) is 17.2 Å². The molecule has 0 aliphatic heterocycles. The molecule has 3 N–H and O–H groups in total. The number of nitrogens with one attached hydrogen (secondary N) is 1. The lowest BCUT2D eigenvalue weighted by Crippen LogP contribution is -1.93. The first kappa shape index (κ1) is 16.6. The standard InChI is InChI=1S/C17H19N3O3S/c1-21-9-12-3-4-14(8-19-12)23-15-6-11-5-13(10-24-18)20-17(11)16(7-15)22-2/h3-8,20H,9-10,18H2,1-2H3. The third-order valence-electron chi connectivity index (χ3n) is 3.51. The Kier molecular flexibility index (Phi) is 5.24. The van der Waals surface area contributed by atoms with E-state index in [1.165, 1.54) is 11.9 Å². The van der Waals surface area contributed by atoms with E-state index in [2.05, 4.69) is 9.97 Å². The maximum absolute atomic E-state index is 5.90. The lowest BCUT2D eigenvalue weighted by atomic mass is 10.2. The van der Waals surface area contributed by atoms with Gasteiger partial charge >= 0.3 is 0 Å². The fourth-order valence-corrected chi connectivity index (χ4v) is 2.81. The van der Waals surface area contributed by atoms with Gasteiger partial charge in [-0.15, -0.1) is 0 Å². The SMILES string of the molecule is COCc1ccc(Oc2cc(OC)c3[nH]c(CSN)cc3c2)cn1. The predicted molar refractivity (Wildman–Crippen MR) is 95.4 cm³/mol. The minimum absolute atomic E-state index is 0.478. The molecule has 126 valence electrons. The van der Waals surface area contributed by atoms with E-state index >= 15 is 0 Å². The van der Waals surface area contributed by atoms with Gasteiger partial charge in [-0.3, -0.25) is 10.1 Å². The normalized spacial score (nSPS) is 11.0. The minimum atomic E-state index is 0.478. The highest BCUT2D eigenvalue weighted by atomic mass is 32.2. The number of rotatable bonds is 7. The zero-order chi connectivity index (χ0) is 16.9. The summed E-state index contributed by atoms with van der Waals surface area (Å²) < 4.78 is 16.4. The summed E-state index contributed by atoms with van der Waals surface area (Å²) in [5, 5.41) is 6.55. The molecule has 24 heavy (non-hydrogen) atoms. The largest absolute Gasteiger partial charge is 0.494 e. The van der Waals surface area contributed by atoms with Gasteiger partial charge in [-0.05, 0) is 24.3 Å². The van der Waals surface area contributed by atoms with Gasteiger partial charge in [-0.2, -0.15) is 0 Å². The van der Waals surface area contributed by atoms with Crippen LogP contribution in [0, 0.1) is 0 Å². The third kappa shape index (κ3) is 3.64. The van der Waals surface area contributed by atoms with Gasteiger partial charge < -0.3 is 19.2 Å². The van der Waals surface area contributed by atoms with Crippen molar-refractivity contribution >= 4 is 22.9 Å². The number of nitrogens with two attached hydrogens (primary N) is 1. The van der Waals surface area contributed by atoms with Crippen LogP contribution >= 0.6 is 11.9 Å². The molecule has 0 unspecified atom stereocenters. The number of nitrogens with zero attached hydrogens (tertiary/aromatic N) is 1. The summed E-state index contributed by atoms with van der Waals surface area (Å²) in [6, 6.07) is 9.60. The van der Waals surface area contributed by atoms with Crippen LogP contribution < -0.4 is 14.6 Å². The molecule has 0 atom stereocenters. The molecule has 3 rings (SSSR count). The van der Waals surface area contributed by atoms with Crippen molar-refractivity contribution in [2.24, 2.45) is 5.14 Å². The summed E-state index contributed by atoms with van der Waals surface area (Å²) in [4.78, 5) is 7.61. The van der Waals surface area contributed by atoms with E-state index in [9.17, 15) is 0 Å². The molecule has 0 saturated carbocycles. The summed E-state index contributed by atoms with van der Waals surface area (Å²) in [5.74, 6) is 2.77. The number of aromatic nitrogens is 2. The average molecular weight is 345 g/mol. The average Bonchev–Trinajstić information content (AvgIpc) is 2.99. The molecular formula is C17H19N3O3S. The van der Waals surface area contributed by atoms with E-state index in [1.54, 1.807) is 20.4 Å². The van der Waals surface area contributed by atoms with Crippen LogP contribution in [0.5, 0.6) is 17.2 Å². The van der Waals surface area contributed by atoms with Gasteiger partial charge in [-0.25, -0.2) is 0 Å². The highest BCUT2D eigenvalue weighted by Crippen LogP contribution is 2.33. The number of H-pyrrole nitrogens is 1. The van der Waals surface area contributed by atoms with Crippen molar-refractivity contribution in [1.29, 1.82) is 0 Å². The molecule has 0 bridgehead atoms. The van der Waals surface area contributed by atoms with Crippen LogP contribution in [0.3, 0.4) is 0 Å². The Balaban J connectivity index is 1.88. The highest BCUT2D eigenvalue weighted by Gasteiger charge is 2.10. The molecule has 0 saturated heterocycles. The summed E-state index contributed by atoms with van der Waals surface area (Å²) in [6.07, 6.45) is 1.68. The molecule has 1 aromatic carbocycles. The summed E-state index contributed by atoms with van der Waals surface area (Å²) in [6.45, 7) is 0.478. The Morgan fingerprint density at radius 1 is 1.17 bits per heavy atom. The zero-order valence-electron chi connectivity index (χ0n) is 13.5. The zero-order valence-corrected chi connectivity index (χ0v) is 14.4. The lowest BCUT2D eigenvalue weighted by molar-refractivity contribution is 0.181.